The van der Waals surface area contributed by atoms with Crippen LogP contribution in [-0.2, 0) is 6.42 Å². The average Bonchev–Trinajstić information content (AvgIpc) is 3.22. The number of amides is 1. The lowest BCUT2D eigenvalue weighted by molar-refractivity contribution is 0.145. The third-order valence-electron chi connectivity index (χ3n) is 5.44. The lowest BCUT2D eigenvalue weighted by atomic mass is 10.0. The topological polar surface area (TPSA) is 84.1 Å². The van der Waals surface area contributed by atoms with Gasteiger partial charge < -0.3 is 14.7 Å². The molecule has 0 unspecified atom stereocenters. The highest BCUT2D eigenvalue weighted by molar-refractivity contribution is 5.67. The molecule has 3 heterocycles. The number of rotatable bonds is 6. The molecule has 1 atom stereocenters. The van der Waals surface area contributed by atoms with Gasteiger partial charge >= 0.3 is 6.09 Å². The van der Waals surface area contributed by atoms with Crippen molar-refractivity contribution in [2.24, 2.45) is 0 Å². The Morgan fingerprint density at radius 3 is 2.73 bits per heavy atom. The molecule has 0 bridgehead atoms. The Morgan fingerprint density at radius 1 is 1.23 bits per heavy atom. The summed E-state index contributed by atoms with van der Waals surface area (Å²) in [6, 6.07) is 13.0. The number of hydrogen-bond acceptors (Lipinski definition) is 4. The van der Waals surface area contributed by atoms with Crippen molar-refractivity contribution in [3.63, 3.8) is 0 Å². The van der Waals surface area contributed by atoms with E-state index in [2.05, 4.69) is 6.92 Å². The Hall–Kier alpha value is -3.35. The minimum Gasteiger partial charge on any atom is -0.489 e. The third-order valence-corrected chi connectivity index (χ3v) is 5.44. The van der Waals surface area contributed by atoms with Crippen molar-refractivity contribution in [2.75, 3.05) is 13.1 Å². The number of ether oxygens (including phenoxy) is 1. The SMILES string of the molecule is CCCCc1nc2ccccn2c(=O)c1-c1ccc(O[C@@H]2CCN(C(=O)O)C2)cc1. The van der Waals surface area contributed by atoms with Gasteiger partial charge in [0.05, 0.1) is 17.8 Å². The zero-order chi connectivity index (χ0) is 21.1. The fourth-order valence-electron chi connectivity index (χ4n) is 3.84. The summed E-state index contributed by atoms with van der Waals surface area (Å²) in [5, 5.41) is 9.08. The van der Waals surface area contributed by atoms with E-state index in [1.807, 2.05) is 42.5 Å². The molecule has 156 valence electrons. The summed E-state index contributed by atoms with van der Waals surface area (Å²) in [5.74, 6) is 0.667. The van der Waals surface area contributed by atoms with Crippen molar-refractivity contribution >= 4 is 11.7 Å². The van der Waals surface area contributed by atoms with E-state index in [0.717, 1.165) is 30.5 Å². The Bertz CT molecular complexity index is 1110. The van der Waals surface area contributed by atoms with Crippen LogP contribution in [0, 0.1) is 0 Å². The number of nitrogens with zero attached hydrogens (tertiary/aromatic N) is 3. The fraction of sp³-hybridized carbons (Fsp3) is 0.348. The number of hydrogen-bond donors (Lipinski definition) is 1. The minimum absolute atomic E-state index is 0.0757. The van der Waals surface area contributed by atoms with Crippen molar-refractivity contribution in [1.29, 1.82) is 0 Å². The van der Waals surface area contributed by atoms with E-state index in [9.17, 15) is 9.59 Å². The monoisotopic (exact) mass is 407 g/mol. The summed E-state index contributed by atoms with van der Waals surface area (Å²) in [6.07, 6.45) is 4.08. The summed E-state index contributed by atoms with van der Waals surface area (Å²) in [4.78, 5) is 30.4. The second kappa shape index (κ2) is 8.57. The number of fused-ring (bicyclic) bond motifs is 1. The Morgan fingerprint density at radius 2 is 2.03 bits per heavy atom. The molecular weight excluding hydrogens is 382 g/mol. The first kappa shape index (κ1) is 19.9. The molecule has 0 aliphatic carbocycles. The molecule has 1 N–H and O–H groups in total. The lowest BCUT2D eigenvalue weighted by Gasteiger charge is -2.15. The molecule has 0 spiro atoms. The van der Waals surface area contributed by atoms with Gasteiger partial charge in [-0.1, -0.05) is 31.5 Å². The van der Waals surface area contributed by atoms with Gasteiger partial charge in [0.2, 0.25) is 0 Å². The maximum Gasteiger partial charge on any atom is 0.407 e. The number of carboxylic acid groups (broad SMARTS) is 1. The number of aromatic nitrogens is 2. The molecule has 0 radical (unpaired) electrons. The summed E-state index contributed by atoms with van der Waals surface area (Å²) in [5.41, 5.74) is 2.82. The van der Waals surface area contributed by atoms with Crippen LogP contribution in [0.3, 0.4) is 0 Å². The molecule has 1 saturated heterocycles. The van der Waals surface area contributed by atoms with Crippen molar-refractivity contribution in [3.8, 4) is 16.9 Å². The van der Waals surface area contributed by atoms with Gasteiger partial charge in [-0.2, -0.15) is 0 Å². The maximum atomic E-state index is 13.2. The van der Waals surface area contributed by atoms with E-state index < -0.39 is 6.09 Å². The summed E-state index contributed by atoms with van der Waals surface area (Å²) in [7, 11) is 0. The largest absolute Gasteiger partial charge is 0.489 e. The predicted octanol–water partition coefficient (Wildman–Crippen LogP) is 3.84. The number of carbonyl (C=O) groups is 1. The van der Waals surface area contributed by atoms with E-state index in [1.54, 1.807) is 10.6 Å². The van der Waals surface area contributed by atoms with Gasteiger partial charge in [0.15, 0.2) is 0 Å². The van der Waals surface area contributed by atoms with Crippen LogP contribution in [0.25, 0.3) is 16.8 Å². The summed E-state index contributed by atoms with van der Waals surface area (Å²) < 4.78 is 7.52. The minimum atomic E-state index is -0.916. The molecular formula is C23H25N3O4. The second-order valence-corrected chi connectivity index (χ2v) is 7.55. The highest BCUT2D eigenvalue weighted by atomic mass is 16.5. The smallest absolute Gasteiger partial charge is 0.407 e. The molecule has 7 heteroatoms. The molecule has 30 heavy (non-hydrogen) atoms. The highest BCUT2D eigenvalue weighted by Gasteiger charge is 2.27. The van der Waals surface area contributed by atoms with Gasteiger partial charge in [-0.3, -0.25) is 9.20 Å². The molecule has 1 fully saturated rings. The number of benzene rings is 1. The van der Waals surface area contributed by atoms with Crippen LogP contribution >= 0.6 is 0 Å². The number of pyridine rings is 1. The molecule has 1 amide bonds. The van der Waals surface area contributed by atoms with Gasteiger partial charge in [-0.05, 0) is 42.7 Å². The first-order chi connectivity index (χ1) is 14.6. The van der Waals surface area contributed by atoms with Gasteiger partial charge in [0.1, 0.15) is 17.5 Å². The second-order valence-electron chi connectivity index (χ2n) is 7.55. The first-order valence-electron chi connectivity index (χ1n) is 10.3. The summed E-state index contributed by atoms with van der Waals surface area (Å²) >= 11 is 0. The Labute approximate surface area is 174 Å². The van der Waals surface area contributed by atoms with Crippen molar-refractivity contribution in [2.45, 2.75) is 38.7 Å². The van der Waals surface area contributed by atoms with Crippen LogP contribution in [0.2, 0.25) is 0 Å². The molecule has 2 aromatic heterocycles. The van der Waals surface area contributed by atoms with Crippen molar-refractivity contribution in [3.05, 3.63) is 64.7 Å². The van der Waals surface area contributed by atoms with E-state index in [1.165, 1.54) is 4.90 Å². The molecule has 7 nitrogen and oxygen atoms in total. The van der Waals surface area contributed by atoms with E-state index in [-0.39, 0.29) is 11.7 Å². The molecule has 1 aliphatic rings. The van der Waals surface area contributed by atoms with Crippen LogP contribution < -0.4 is 10.3 Å². The van der Waals surface area contributed by atoms with Crippen LogP contribution in [0.4, 0.5) is 4.79 Å². The number of likely N-dealkylation sites (tertiary alicyclic amines) is 1. The molecule has 0 saturated carbocycles. The van der Waals surface area contributed by atoms with Gasteiger partial charge in [-0.15, -0.1) is 0 Å². The predicted molar refractivity (Wildman–Crippen MR) is 114 cm³/mol. The maximum absolute atomic E-state index is 13.2. The highest BCUT2D eigenvalue weighted by Crippen LogP contribution is 2.25. The first-order valence-corrected chi connectivity index (χ1v) is 10.3. The van der Waals surface area contributed by atoms with Crippen LogP contribution in [0.1, 0.15) is 31.9 Å². The Kier molecular flexibility index (Phi) is 5.70. The van der Waals surface area contributed by atoms with Gasteiger partial charge in [-0.25, -0.2) is 9.78 Å². The third kappa shape index (κ3) is 4.01. The van der Waals surface area contributed by atoms with E-state index in [0.29, 0.717) is 36.5 Å². The van der Waals surface area contributed by atoms with Crippen molar-refractivity contribution in [1.82, 2.24) is 14.3 Å². The van der Waals surface area contributed by atoms with E-state index in [4.69, 9.17) is 14.8 Å². The standard InChI is InChI=1S/C23H25N3O4/c1-2-3-6-19-21(22(27)26-13-5-4-7-20(26)24-19)16-8-10-17(11-9-16)30-18-12-14-25(15-18)23(28)29/h4-5,7-11,13,18H,2-3,6,12,14-15H2,1H3,(H,28,29)/t18-/m1/s1. The average molecular weight is 407 g/mol. The lowest BCUT2D eigenvalue weighted by Crippen LogP contribution is -2.29. The Balaban J connectivity index is 1.62. The van der Waals surface area contributed by atoms with Crippen LogP contribution in [-0.4, -0.2) is 44.7 Å². The molecule has 4 rings (SSSR count). The fourth-order valence-corrected chi connectivity index (χ4v) is 3.84. The van der Waals surface area contributed by atoms with Crippen molar-refractivity contribution < 1.29 is 14.6 Å². The quantitative estimate of drug-likeness (QED) is 0.671. The summed E-state index contributed by atoms with van der Waals surface area (Å²) in [6.45, 7) is 2.97. The van der Waals surface area contributed by atoms with Gasteiger partial charge in [0.25, 0.3) is 5.56 Å². The van der Waals surface area contributed by atoms with Crippen LogP contribution in [0.15, 0.2) is 53.5 Å². The van der Waals surface area contributed by atoms with Gasteiger partial charge in [0, 0.05) is 19.2 Å². The molecule has 3 aromatic rings. The van der Waals surface area contributed by atoms with E-state index >= 15 is 0 Å². The zero-order valence-corrected chi connectivity index (χ0v) is 17.0. The molecule has 1 aromatic carbocycles. The zero-order valence-electron chi connectivity index (χ0n) is 17.0. The van der Waals surface area contributed by atoms with Crippen LogP contribution in [0.5, 0.6) is 5.75 Å². The number of aryl methyl sites for hydroxylation is 1. The molecule has 1 aliphatic heterocycles. The normalized spacial score (nSPS) is 16.2. The number of unbranched alkanes of at least 4 members (excludes halogenated alkanes) is 1.